The van der Waals surface area contributed by atoms with E-state index in [1.807, 2.05) is 24.3 Å². The fourth-order valence-corrected chi connectivity index (χ4v) is 2.70. The molecule has 0 radical (unpaired) electrons. The number of piperazine rings is 1. The molecule has 1 aliphatic rings. The molecule has 1 fully saturated rings. The van der Waals surface area contributed by atoms with Gasteiger partial charge in [-0.2, -0.15) is 0 Å². The summed E-state index contributed by atoms with van der Waals surface area (Å²) in [6.07, 6.45) is 1.24. The van der Waals surface area contributed by atoms with Gasteiger partial charge in [0.15, 0.2) is 0 Å². The molecular weight excluding hydrogens is 282 g/mol. The summed E-state index contributed by atoms with van der Waals surface area (Å²) in [5.41, 5.74) is 6.45. The van der Waals surface area contributed by atoms with E-state index >= 15 is 0 Å². The maximum Gasteiger partial charge on any atom is 0.119 e. The highest BCUT2D eigenvalue weighted by atomic mass is 32.1. The van der Waals surface area contributed by atoms with E-state index in [-0.39, 0.29) is 0 Å². The second-order valence-electron chi connectivity index (χ2n) is 5.42. The van der Waals surface area contributed by atoms with E-state index < -0.39 is 0 Å². The van der Waals surface area contributed by atoms with Gasteiger partial charge in [-0.1, -0.05) is 19.1 Å². The van der Waals surface area contributed by atoms with Gasteiger partial charge >= 0.3 is 0 Å². The number of thiocarbonyl (C=S) groups is 1. The van der Waals surface area contributed by atoms with Gasteiger partial charge in [-0.15, -0.1) is 0 Å². The molecule has 1 aliphatic heterocycles. The third-order valence-electron chi connectivity index (χ3n) is 3.82. The molecule has 0 saturated carbocycles. The summed E-state index contributed by atoms with van der Waals surface area (Å²) in [6.45, 7) is 9.81. The van der Waals surface area contributed by atoms with Gasteiger partial charge in [0.25, 0.3) is 0 Å². The molecule has 0 amide bonds. The van der Waals surface area contributed by atoms with E-state index in [9.17, 15) is 0 Å². The minimum Gasteiger partial charge on any atom is -0.492 e. The first-order valence-electron chi connectivity index (χ1n) is 7.66. The molecule has 4 nitrogen and oxygen atoms in total. The summed E-state index contributed by atoms with van der Waals surface area (Å²) in [4.78, 5) is 5.42. The number of hydrogen-bond donors (Lipinski definition) is 1. The van der Waals surface area contributed by atoms with E-state index in [1.165, 1.54) is 26.1 Å². The third-order valence-corrected chi connectivity index (χ3v) is 4.06. The van der Waals surface area contributed by atoms with E-state index in [0.717, 1.165) is 37.6 Å². The fourth-order valence-electron chi connectivity index (χ4n) is 2.56. The Labute approximate surface area is 132 Å². The summed E-state index contributed by atoms with van der Waals surface area (Å²) in [6, 6.07) is 7.66. The molecule has 0 unspecified atom stereocenters. The van der Waals surface area contributed by atoms with Crippen molar-refractivity contribution in [3.63, 3.8) is 0 Å². The van der Waals surface area contributed by atoms with Gasteiger partial charge in [0, 0.05) is 38.3 Å². The Balaban J connectivity index is 1.67. The van der Waals surface area contributed by atoms with Crippen molar-refractivity contribution in [2.45, 2.75) is 13.3 Å². The molecule has 0 aromatic heterocycles. The molecule has 1 saturated heterocycles. The molecule has 1 heterocycles. The summed E-state index contributed by atoms with van der Waals surface area (Å²) >= 11 is 4.93. The van der Waals surface area contributed by atoms with Crippen LogP contribution < -0.4 is 10.5 Å². The Hall–Kier alpha value is -1.17. The first kappa shape index (κ1) is 16.2. The second kappa shape index (κ2) is 8.32. The Morgan fingerprint density at radius 2 is 1.67 bits per heavy atom. The number of benzene rings is 1. The minimum absolute atomic E-state index is 0.423. The molecule has 0 spiro atoms. The van der Waals surface area contributed by atoms with E-state index in [1.54, 1.807) is 0 Å². The Morgan fingerprint density at radius 1 is 1.10 bits per heavy atom. The Kier molecular flexibility index (Phi) is 6.42. The van der Waals surface area contributed by atoms with Gasteiger partial charge in [-0.25, -0.2) is 0 Å². The molecule has 116 valence electrons. The van der Waals surface area contributed by atoms with Crippen molar-refractivity contribution >= 4 is 17.2 Å². The molecule has 0 bridgehead atoms. The van der Waals surface area contributed by atoms with Crippen LogP contribution in [0.2, 0.25) is 0 Å². The molecule has 2 N–H and O–H groups in total. The van der Waals surface area contributed by atoms with Crippen LogP contribution in [0.3, 0.4) is 0 Å². The van der Waals surface area contributed by atoms with Gasteiger partial charge in [0.1, 0.15) is 17.3 Å². The second-order valence-corrected chi connectivity index (χ2v) is 5.86. The molecular formula is C16H25N3OS. The van der Waals surface area contributed by atoms with Crippen LogP contribution in [-0.4, -0.2) is 60.7 Å². The van der Waals surface area contributed by atoms with Crippen molar-refractivity contribution in [2.24, 2.45) is 5.73 Å². The number of nitrogens with two attached hydrogens (primary N) is 1. The lowest BCUT2D eigenvalue weighted by Crippen LogP contribution is -2.47. The molecule has 5 heteroatoms. The lowest BCUT2D eigenvalue weighted by molar-refractivity contribution is 0.117. The zero-order valence-corrected chi connectivity index (χ0v) is 13.6. The molecule has 1 aromatic rings. The van der Waals surface area contributed by atoms with Crippen molar-refractivity contribution < 1.29 is 4.74 Å². The molecule has 21 heavy (non-hydrogen) atoms. The number of nitrogens with zero attached hydrogens (tertiary/aromatic N) is 2. The Morgan fingerprint density at radius 3 is 2.19 bits per heavy atom. The molecule has 1 aromatic carbocycles. The van der Waals surface area contributed by atoms with Crippen molar-refractivity contribution in [3.8, 4) is 5.75 Å². The normalized spacial score (nSPS) is 16.8. The third kappa shape index (κ3) is 5.26. The lowest BCUT2D eigenvalue weighted by Gasteiger charge is -2.34. The van der Waals surface area contributed by atoms with Gasteiger partial charge < -0.3 is 15.4 Å². The van der Waals surface area contributed by atoms with Crippen LogP contribution in [0.15, 0.2) is 24.3 Å². The molecule has 0 aliphatic carbocycles. The molecule has 0 atom stereocenters. The highest BCUT2D eigenvalue weighted by Gasteiger charge is 2.15. The standard InChI is InChI=1S/C16H25N3OS/c1-2-7-18-8-10-19(11-9-18)12-13-20-15-5-3-14(4-6-15)16(17)21/h3-6H,2,7-13H2,1H3,(H2,17,21). The summed E-state index contributed by atoms with van der Waals surface area (Å²) in [5, 5.41) is 0. The first-order valence-corrected chi connectivity index (χ1v) is 8.07. The SMILES string of the molecule is CCCN1CCN(CCOc2ccc(C(N)=S)cc2)CC1. The smallest absolute Gasteiger partial charge is 0.119 e. The first-order chi connectivity index (χ1) is 10.2. The minimum atomic E-state index is 0.423. The zero-order chi connectivity index (χ0) is 15.1. The van der Waals surface area contributed by atoms with Gasteiger partial charge in [0.2, 0.25) is 0 Å². The van der Waals surface area contributed by atoms with E-state index in [0.29, 0.717) is 4.99 Å². The van der Waals surface area contributed by atoms with Crippen molar-refractivity contribution in [3.05, 3.63) is 29.8 Å². The van der Waals surface area contributed by atoms with Gasteiger partial charge in [-0.3, -0.25) is 4.90 Å². The summed E-state index contributed by atoms with van der Waals surface area (Å²) < 4.78 is 5.78. The number of ether oxygens (including phenoxy) is 1. The average Bonchev–Trinajstić information content (AvgIpc) is 2.50. The fraction of sp³-hybridized carbons (Fsp3) is 0.562. The highest BCUT2D eigenvalue weighted by Crippen LogP contribution is 2.12. The number of hydrogen-bond acceptors (Lipinski definition) is 4. The van der Waals surface area contributed by atoms with Crippen molar-refractivity contribution in [1.29, 1.82) is 0 Å². The maximum atomic E-state index is 5.78. The van der Waals surface area contributed by atoms with Crippen molar-refractivity contribution in [2.75, 3.05) is 45.9 Å². The van der Waals surface area contributed by atoms with Crippen LogP contribution in [0.1, 0.15) is 18.9 Å². The van der Waals surface area contributed by atoms with Crippen LogP contribution in [0, 0.1) is 0 Å². The highest BCUT2D eigenvalue weighted by molar-refractivity contribution is 7.80. The van der Waals surface area contributed by atoms with Gasteiger partial charge in [-0.05, 0) is 37.2 Å². The molecule has 2 rings (SSSR count). The average molecular weight is 307 g/mol. The monoisotopic (exact) mass is 307 g/mol. The van der Waals surface area contributed by atoms with E-state index in [4.69, 9.17) is 22.7 Å². The largest absolute Gasteiger partial charge is 0.492 e. The van der Waals surface area contributed by atoms with Crippen LogP contribution in [0.4, 0.5) is 0 Å². The van der Waals surface area contributed by atoms with Crippen LogP contribution in [0.5, 0.6) is 5.75 Å². The number of rotatable bonds is 7. The predicted molar refractivity (Wildman–Crippen MR) is 91.0 cm³/mol. The van der Waals surface area contributed by atoms with E-state index in [2.05, 4.69) is 16.7 Å². The van der Waals surface area contributed by atoms with Crippen LogP contribution in [0.25, 0.3) is 0 Å². The van der Waals surface area contributed by atoms with Gasteiger partial charge in [0.05, 0.1) is 0 Å². The maximum absolute atomic E-state index is 5.78. The summed E-state index contributed by atoms with van der Waals surface area (Å²) in [7, 11) is 0. The summed E-state index contributed by atoms with van der Waals surface area (Å²) in [5.74, 6) is 0.875. The van der Waals surface area contributed by atoms with Crippen LogP contribution in [-0.2, 0) is 0 Å². The quantitative estimate of drug-likeness (QED) is 0.777. The topological polar surface area (TPSA) is 41.7 Å². The lowest BCUT2D eigenvalue weighted by atomic mass is 10.2. The zero-order valence-electron chi connectivity index (χ0n) is 12.8. The Bertz CT molecular complexity index is 441. The van der Waals surface area contributed by atoms with Crippen molar-refractivity contribution in [1.82, 2.24) is 9.80 Å². The predicted octanol–water partition coefficient (Wildman–Crippen LogP) is 1.73. The van der Waals surface area contributed by atoms with Crippen LogP contribution >= 0.6 is 12.2 Å².